The molecular weight excluding hydrogens is 226 g/mol. The first-order valence-electron chi connectivity index (χ1n) is 5.00. The lowest BCUT2D eigenvalue weighted by Gasteiger charge is -2.14. The number of aliphatic hydroxyl groups excluding tert-OH is 1. The Bertz CT molecular complexity index is 379. The fourth-order valence-electron chi connectivity index (χ4n) is 1.22. The van der Waals surface area contributed by atoms with Gasteiger partial charge in [0.2, 0.25) is 0 Å². The van der Waals surface area contributed by atoms with Gasteiger partial charge in [-0.05, 0) is 18.6 Å². The monoisotopic (exact) mass is 241 g/mol. The first-order chi connectivity index (χ1) is 7.56. The van der Waals surface area contributed by atoms with Crippen LogP contribution in [0.15, 0.2) is 30.4 Å². The maximum atomic E-state index is 9.63. The van der Waals surface area contributed by atoms with Crippen LogP contribution in [0.4, 0.5) is 0 Å². The number of hydrogen-bond donors (Lipinski definition) is 2. The molecule has 16 heavy (non-hydrogen) atoms. The molecule has 1 unspecified atom stereocenters. The molecule has 1 atom stereocenters. The summed E-state index contributed by atoms with van der Waals surface area (Å²) in [7, 11) is 0. The second-order valence-corrected chi connectivity index (χ2v) is 4.03. The highest BCUT2D eigenvalue weighted by Gasteiger charge is 2.13. The highest BCUT2D eigenvalue weighted by Crippen LogP contribution is 2.31. The summed E-state index contributed by atoms with van der Waals surface area (Å²) in [5, 5.41) is 10.0. The molecule has 0 bridgehead atoms. The minimum atomic E-state index is -0.763. The maximum Gasteiger partial charge on any atom is 0.138 e. The molecule has 0 aromatic heterocycles. The quantitative estimate of drug-likeness (QED) is 0.778. The normalized spacial score (nSPS) is 12.2. The van der Waals surface area contributed by atoms with Crippen LogP contribution in [0.1, 0.15) is 18.6 Å². The molecule has 0 fully saturated rings. The Kier molecular flexibility index (Phi) is 4.80. The zero-order valence-corrected chi connectivity index (χ0v) is 10.00. The number of benzene rings is 1. The van der Waals surface area contributed by atoms with Crippen molar-refractivity contribution in [1.82, 2.24) is 0 Å². The highest BCUT2D eigenvalue weighted by molar-refractivity contribution is 6.32. The van der Waals surface area contributed by atoms with Crippen LogP contribution in [0.25, 0.3) is 0 Å². The molecule has 0 aliphatic carbocycles. The molecule has 0 aliphatic heterocycles. The first kappa shape index (κ1) is 13.0. The third kappa shape index (κ3) is 3.23. The summed E-state index contributed by atoms with van der Waals surface area (Å²) < 4.78 is 5.45. The van der Waals surface area contributed by atoms with Crippen LogP contribution < -0.4 is 10.5 Å². The van der Waals surface area contributed by atoms with Crippen LogP contribution in [-0.4, -0.2) is 18.3 Å². The summed E-state index contributed by atoms with van der Waals surface area (Å²) in [5.74, 6) is 0.537. The molecule has 3 nitrogen and oxygen atoms in total. The van der Waals surface area contributed by atoms with Crippen molar-refractivity contribution in [3.8, 4) is 5.75 Å². The summed E-state index contributed by atoms with van der Waals surface area (Å²) in [6.07, 6.45) is -0.763. The lowest BCUT2D eigenvalue weighted by Crippen LogP contribution is -2.12. The van der Waals surface area contributed by atoms with E-state index in [9.17, 15) is 5.11 Å². The second-order valence-electron chi connectivity index (χ2n) is 3.66. The zero-order chi connectivity index (χ0) is 12.1. The Hall–Kier alpha value is -1.03. The van der Waals surface area contributed by atoms with Crippen molar-refractivity contribution in [2.24, 2.45) is 5.73 Å². The minimum Gasteiger partial charge on any atom is -0.488 e. The van der Waals surface area contributed by atoms with Crippen molar-refractivity contribution < 1.29 is 9.84 Å². The third-order valence-electron chi connectivity index (χ3n) is 2.05. The van der Waals surface area contributed by atoms with Crippen molar-refractivity contribution >= 4 is 11.6 Å². The van der Waals surface area contributed by atoms with E-state index >= 15 is 0 Å². The van der Waals surface area contributed by atoms with Crippen LogP contribution >= 0.6 is 11.6 Å². The fraction of sp³-hybridized carbons (Fsp3) is 0.333. The smallest absolute Gasteiger partial charge is 0.138 e. The first-order valence-corrected chi connectivity index (χ1v) is 5.37. The Labute approximate surface area is 100 Å². The van der Waals surface area contributed by atoms with Crippen LogP contribution in [0.3, 0.4) is 0 Å². The van der Waals surface area contributed by atoms with Gasteiger partial charge in [0, 0.05) is 12.1 Å². The molecule has 0 saturated heterocycles. The van der Waals surface area contributed by atoms with E-state index in [2.05, 4.69) is 6.58 Å². The van der Waals surface area contributed by atoms with Gasteiger partial charge in [0.1, 0.15) is 12.4 Å². The summed E-state index contributed by atoms with van der Waals surface area (Å²) in [6.45, 7) is 6.14. The van der Waals surface area contributed by atoms with E-state index in [-0.39, 0.29) is 6.54 Å². The molecule has 0 aliphatic rings. The Morgan fingerprint density at radius 3 is 2.88 bits per heavy atom. The van der Waals surface area contributed by atoms with Gasteiger partial charge in [-0.15, -0.1) is 0 Å². The number of aliphatic hydroxyl groups is 1. The molecule has 0 spiro atoms. The fourth-order valence-corrected chi connectivity index (χ4v) is 1.53. The van der Waals surface area contributed by atoms with Crippen LogP contribution in [0.5, 0.6) is 5.75 Å². The standard InChI is InChI=1S/C12H16ClNO2/c1-8(2)7-16-11-5-3-4-9(12(11)13)10(15)6-14/h3-5,10,15H,1,6-7,14H2,2H3. The van der Waals surface area contributed by atoms with Gasteiger partial charge in [-0.3, -0.25) is 0 Å². The van der Waals surface area contributed by atoms with Gasteiger partial charge in [-0.2, -0.15) is 0 Å². The summed E-state index contributed by atoms with van der Waals surface area (Å²) in [5.41, 5.74) is 6.87. The predicted octanol–water partition coefficient (Wildman–Crippen LogP) is 2.29. The zero-order valence-electron chi connectivity index (χ0n) is 9.24. The van der Waals surface area contributed by atoms with E-state index in [4.69, 9.17) is 22.1 Å². The molecule has 1 rings (SSSR count). The van der Waals surface area contributed by atoms with Crippen LogP contribution in [0.2, 0.25) is 5.02 Å². The van der Waals surface area contributed by atoms with E-state index in [0.717, 1.165) is 5.57 Å². The molecular formula is C12H16ClNO2. The SMILES string of the molecule is C=C(C)COc1cccc(C(O)CN)c1Cl. The van der Waals surface area contributed by atoms with Gasteiger partial charge in [0.25, 0.3) is 0 Å². The topological polar surface area (TPSA) is 55.5 Å². The average molecular weight is 242 g/mol. The molecule has 1 aromatic carbocycles. The lowest BCUT2D eigenvalue weighted by atomic mass is 10.1. The lowest BCUT2D eigenvalue weighted by molar-refractivity contribution is 0.186. The van der Waals surface area contributed by atoms with E-state index in [0.29, 0.717) is 22.9 Å². The molecule has 1 aromatic rings. The van der Waals surface area contributed by atoms with Crippen molar-refractivity contribution in [2.45, 2.75) is 13.0 Å². The largest absolute Gasteiger partial charge is 0.488 e. The minimum absolute atomic E-state index is 0.129. The number of halogens is 1. The molecule has 88 valence electrons. The number of ether oxygens (including phenoxy) is 1. The molecule has 0 heterocycles. The van der Waals surface area contributed by atoms with E-state index in [1.165, 1.54) is 0 Å². The summed E-state index contributed by atoms with van der Waals surface area (Å²) in [6, 6.07) is 5.25. The summed E-state index contributed by atoms with van der Waals surface area (Å²) >= 11 is 6.10. The van der Waals surface area contributed by atoms with E-state index < -0.39 is 6.10 Å². The van der Waals surface area contributed by atoms with Crippen molar-refractivity contribution in [2.75, 3.05) is 13.2 Å². The second kappa shape index (κ2) is 5.89. The molecule has 3 N–H and O–H groups in total. The van der Waals surface area contributed by atoms with Gasteiger partial charge < -0.3 is 15.6 Å². The molecule has 0 saturated carbocycles. The van der Waals surface area contributed by atoms with Gasteiger partial charge >= 0.3 is 0 Å². The highest BCUT2D eigenvalue weighted by atomic mass is 35.5. The number of rotatable bonds is 5. The van der Waals surface area contributed by atoms with Crippen molar-refractivity contribution in [3.05, 3.63) is 40.9 Å². The molecule has 0 radical (unpaired) electrons. The average Bonchev–Trinajstić information content (AvgIpc) is 2.26. The van der Waals surface area contributed by atoms with Crippen LogP contribution in [-0.2, 0) is 0 Å². The maximum absolute atomic E-state index is 9.63. The Balaban J connectivity index is 2.90. The van der Waals surface area contributed by atoms with Gasteiger partial charge in [0.15, 0.2) is 0 Å². The number of hydrogen-bond acceptors (Lipinski definition) is 3. The third-order valence-corrected chi connectivity index (χ3v) is 2.45. The summed E-state index contributed by atoms with van der Waals surface area (Å²) in [4.78, 5) is 0. The van der Waals surface area contributed by atoms with Gasteiger partial charge in [-0.1, -0.05) is 30.3 Å². The Morgan fingerprint density at radius 2 is 2.31 bits per heavy atom. The predicted molar refractivity (Wildman–Crippen MR) is 65.8 cm³/mol. The van der Waals surface area contributed by atoms with E-state index in [1.807, 2.05) is 6.92 Å². The van der Waals surface area contributed by atoms with Gasteiger partial charge in [-0.25, -0.2) is 0 Å². The van der Waals surface area contributed by atoms with E-state index in [1.54, 1.807) is 18.2 Å². The van der Waals surface area contributed by atoms with Crippen molar-refractivity contribution in [3.63, 3.8) is 0 Å². The van der Waals surface area contributed by atoms with Crippen LogP contribution in [0, 0.1) is 0 Å². The van der Waals surface area contributed by atoms with Crippen molar-refractivity contribution in [1.29, 1.82) is 0 Å². The molecule has 4 heteroatoms. The van der Waals surface area contributed by atoms with Gasteiger partial charge in [0.05, 0.1) is 11.1 Å². The number of nitrogens with two attached hydrogens (primary N) is 1. The molecule has 0 amide bonds. The Morgan fingerprint density at radius 1 is 1.62 bits per heavy atom.